The third-order valence-corrected chi connectivity index (χ3v) is 9.74. The second-order valence-corrected chi connectivity index (χ2v) is 12.9. The van der Waals surface area contributed by atoms with Gasteiger partial charge >= 0.3 is 0 Å². The zero-order chi connectivity index (χ0) is 25.0. The van der Waals surface area contributed by atoms with E-state index in [9.17, 15) is 21.4 Å². The first-order valence-electron chi connectivity index (χ1n) is 10.1. The molecule has 12 heteroatoms. The number of nitrogens with one attached hydrogen (secondary N) is 2. The minimum Gasteiger partial charge on any atom is -0.284 e. The fourth-order valence-corrected chi connectivity index (χ4v) is 8.47. The Kier molecular flexibility index (Phi) is 6.55. The molecule has 4 N–H and O–H groups in total. The fourth-order valence-electron chi connectivity index (χ4n) is 5.03. The quantitative estimate of drug-likeness (QED) is 0.437. The molecule has 182 valence electrons. The SMILES string of the molecule is CC1=CC2(C)NC3(N=CCS3)NC2(S(=O)(=O)O)C(C)=C1.Cc1cc(C)c(S(=O)(=O)O)c(C)c1. The number of rotatable bonds is 2. The summed E-state index contributed by atoms with van der Waals surface area (Å²) in [6, 6.07) is 3.46. The van der Waals surface area contributed by atoms with Crippen molar-refractivity contribution in [3.63, 3.8) is 0 Å². The fraction of sp³-hybridized carbons (Fsp3) is 0.476. The first kappa shape index (κ1) is 26.1. The first-order valence-corrected chi connectivity index (χ1v) is 14.0. The molecule has 4 rings (SSSR count). The Hall–Kier alpha value is -1.54. The molecular weight excluding hydrogens is 486 g/mol. The van der Waals surface area contributed by atoms with E-state index in [1.807, 2.05) is 19.9 Å². The molecule has 0 radical (unpaired) electrons. The minimum absolute atomic E-state index is 0.0260. The lowest BCUT2D eigenvalue weighted by molar-refractivity contribution is 0.364. The third-order valence-electron chi connectivity index (χ3n) is 5.91. The van der Waals surface area contributed by atoms with E-state index in [0.29, 0.717) is 22.5 Å². The van der Waals surface area contributed by atoms with Gasteiger partial charge in [-0.05, 0) is 58.2 Å². The van der Waals surface area contributed by atoms with Crippen molar-refractivity contribution in [1.82, 2.24) is 10.6 Å². The maximum Gasteiger partial charge on any atom is 0.295 e. The van der Waals surface area contributed by atoms with E-state index in [1.54, 1.807) is 52.1 Å². The molecular formula is C21H29N3O6S3. The van der Waals surface area contributed by atoms with Gasteiger partial charge in [-0.1, -0.05) is 47.2 Å². The van der Waals surface area contributed by atoms with E-state index in [2.05, 4.69) is 15.6 Å². The molecule has 1 spiro atoms. The lowest BCUT2D eigenvalue weighted by Crippen LogP contribution is -2.63. The second kappa shape index (κ2) is 8.29. The van der Waals surface area contributed by atoms with Gasteiger partial charge in [0.1, 0.15) is 0 Å². The largest absolute Gasteiger partial charge is 0.295 e. The van der Waals surface area contributed by atoms with E-state index in [0.717, 1.165) is 11.1 Å². The Bertz CT molecular complexity index is 1280. The summed E-state index contributed by atoms with van der Waals surface area (Å²) in [5.41, 5.74) is 2.68. The smallest absolute Gasteiger partial charge is 0.284 e. The molecule has 1 fully saturated rings. The molecule has 33 heavy (non-hydrogen) atoms. The monoisotopic (exact) mass is 515 g/mol. The zero-order valence-corrected chi connectivity index (χ0v) is 21.7. The molecule has 0 bridgehead atoms. The molecule has 2 aliphatic heterocycles. The number of fused-ring (bicyclic) bond motifs is 1. The van der Waals surface area contributed by atoms with Crippen LogP contribution >= 0.6 is 11.8 Å². The standard InChI is InChI=1S/C12H17N3O3S2.C9H12O3S/c1-8-6-9(2)11(20(16,17)18)10(3,7-8)14-12(15-11)13-4-5-19-12;1-6-4-7(2)9(8(3)5-6)13(10,11)12/h4,6-7,14-15H,5H2,1-3H3,(H,16,17,18);4-5H,1-3H3,(H,10,11,12). The average molecular weight is 516 g/mol. The van der Waals surface area contributed by atoms with Crippen LogP contribution in [0.25, 0.3) is 0 Å². The van der Waals surface area contributed by atoms with Crippen LogP contribution in [0, 0.1) is 20.8 Å². The predicted octanol–water partition coefficient (Wildman–Crippen LogP) is 2.72. The summed E-state index contributed by atoms with van der Waals surface area (Å²) < 4.78 is 65.1. The van der Waals surface area contributed by atoms with Crippen molar-refractivity contribution in [3.8, 4) is 0 Å². The highest BCUT2D eigenvalue weighted by molar-refractivity contribution is 8.01. The summed E-state index contributed by atoms with van der Waals surface area (Å²) in [6.07, 6.45) is 5.33. The van der Waals surface area contributed by atoms with Crippen molar-refractivity contribution < 1.29 is 25.9 Å². The van der Waals surface area contributed by atoms with Gasteiger partial charge in [0.15, 0.2) is 4.87 Å². The van der Waals surface area contributed by atoms with Crippen molar-refractivity contribution in [3.05, 3.63) is 52.1 Å². The van der Waals surface area contributed by atoms with Crippen LogP contribution < -0.4 is 10.6 Å². The van der Waals surface area contributed by atoms with E-state index >= 15 is 0 Å². The summed E-state index contributed by atoms with van der Waals surface area (Å²) in [4.78, 5) is 2.76. The van der Waals surface area contributed by atoms with Gasteiger partial charge in [0.2, 0.25) is 5.12 Å². The summed E-state index contributed by atoms with van der Waals surface area (Å²) in [5.74, 6) is 0.684. The van der Waals surface area contributed by atoms with Gasteiger partial charge < -0.3 is 0 Å². The Morgan fingerprint density at radius 2 is 1.58 bits per heavy atom. The number of aryl methyl sites for hydroxylation is 3. The van der Waals surface area contributed by atoms with Gasteiger partial charge in [-0.25, -0.2) is 10.3 Å². The summed E-state index contributed by atoms with van der Waals surface area (Å²) >= 11 is 1.46. The van der Waals surface area contributed by atoms with Crippen LogP contribution in [0.15, 0.2) is 45.3 Å². The molecule has 0 amide bonds. The zero-order valence-electron chi connectivity index (χ0n) is 19.3. The van der Waals surface area contributed by atoms with Gasteiger partial charge in [-0.15, -0.1) is 0 Å². The molecule has 3 unspecified atom stereocenters. The van der Waals surface area contributed by atoms with Crippen molar-refractivity contribution in [2.45, 2.75) is 62.0 Å². The predicted molar refractivity (Wildman–Crippen MR) is 131 cm³/mol. The van der Waals surface area contributed by atoms with E-state index in [-0.39, 0.29) is 4.90 Å². The van der Waals surface area contributed by atoms with Gasteiger partial charge in [-0.2, -0.15) is 16.8 Å². The molecule has 0 aromatic heterocycles. The van der Waals surface area contributed by atoms with Crippen LogP contribution in [-0.4, -0.2) is 53.4 Å². The van der Waals surface area contributed by atoms with E-state index in [1.165, 1.54) is 11.8 Å². The lowest BCUT2D eigenvalue weighted by atomic mass is 9.81. The van der Waals surface area contributed by atoms with Gasteiger partial charge in [0.25, 0.3) is 20.2 Å². The molecule has 3 aliphatic rings. The van der Waals surface area contributed by atoms with Gasteiger partial charge in [-0.3, -0.25) is 14.4 Å². The van der Waals surface area contributed by atoms with Gasteiger partial charge in [0, 0.05) is 12.0 Å². The topological polar surface area (TPSA) is 145 Å². The summed E-state index contributed by atoms with van der Waals surface area (Å²) in [6.45, 7) is 10.6. The minimum atomic E-state index is -4.39. The number of hydrogen-bond donors (Lipinski definition) is 4. The number of thioether (sulfide) groups is 1. The first-order chi connectivity index (χ1) is 15.0. The van der Waals surface area contributed by atoms with Crippen LogP contribution in [0.1, 0.15) is 37.5 Å². The number of benzene rings is 1. The maximum atomic E-state index is 12.2. The molecule has 9 nitrogen and oxygen atoms in total. The number of hydrogen-bond acceptors (Lipinski definition) is 8. The molecule has 1 aliphatic carbocycles. The third kappa shape index (κ3) is 4.45. The summed E-state index contributed by atoms with van der Waals surface area (Å²) in [7, 11) is -8.47. The van der Waals surface area contributed by atoms with Crippen LogP contribution in [0.4, 0.5) is 0 Å². The van der Waals surface area contributed by atoms with Crippen molar-refractivity contribution in [2.24, 2.45) is 4.99 Å². The number of aliphatic imine (C=N–C) groups is 1. The molecule has 0 saturated carbocycles. The van der Waals surface area contributed by atoms with Crippen LogP contribution in [0.2, 0.25) is 0 Å². The average Bonchev–Trinajstić information content (AvgIpc) is 3.14. The van der Waals surface area contributed by atoms with Crippen molar-refractivity contribution >= 4 is 38.2 Å². The normalized spacial score (nSPS) is 31.0. The van der Waals surface area contributed by atoms with Crippen LogP contribution in [-0.2, 0) is 20.2 Å². The molecule has 2 heterocycles. The molecule has 1 aromatic rings. The van der Waals surface area contributed by atoms with Crippen molar-refractivity contribution in [1.29, 1.82) is 0 Å². The summed E-state index contributed by atoms with van der Waals surface area (Å²) in [5, 5.41) is 5.37. The Balaban J connectivity index is 0.000000205. The lowest BCUT2D eigenvalue weighted by Gasteiger charge is -2.41. The Morgan fingerprint density at radius 3 is 2.03 bits per heavy atom. The Morgan fingerprint density at radius 1 is 1.00 bits per heavy atom. The number of nitrogens with zero attached hydrogens (tertiary/aromatic N) is 1. The van der Waals surface area contributed by atoms with Gasteiger partial charge in [0.05, 0.1) is 10.4 Å². The van der Waals surface area contributed by atoms with E-state index in [4.69, 9.17) is 4.55 Å². The Labute approximate surface area is 199 Å². The molecule has 1 aromatic carbocycles. The molecule has 3 atom stereocenters. The highest BCUT2D eigenvalue weighted by Gasteiger charge is 2.69. The van der Waals surface area contributed by atoms with Crippen molar-refractivity contribution in [2.75, 3.05) is 5.75 Å². The highest BCUT2D eigenvalue weighted by Crippen LogP contribution is 2.49. The number of allylic oxidation sites excluding steroid dienone is 2. The van der Waals surface area contributed by atoms with Crippen LogP contribution in [0.3, 0.4) is 0 Å². The maximum absolute atomic E-state index is 12.2. The molecule has 1 saturated heterocycles. The highest BCUT2D eigenvalue weighted by atomic mass is 32.2. The van der Waals surface area contributed by atoms with E-state index < -0.39 is 35.8 Å². The van der Waals surface area contributed by atoms with Crippen LogP contribution in [0.5, 0.6) is 0 Å². The second-order valence-electron chi connectivity index (χ2n) is 8.79.